The fraction of sp³-hybridized carbons (Fsp3) is 0.333. The van der Waals surface area contributed by atoms with Crippen LogP contribution in [0.25, 0.3) is 0 Å². The van der Waals surface area contributed by atoms with Crippen LogP contribution in [0.3, 0.4) is 0 Å². The van der Waals surface area contributed by atoms with E-state index in [-0.39, 0.29) is 25.2 Å². The number of nitrogens with zero attached hydrogens (tertiary/aromatic N) is 1. The van der Waals surface area contributed by atoms with E-state index in [1.165, 1.54) is 0 Å². The number of benzene rings is 2. The summed E-state index contributed by atoms with van der Waals surface area (Å²) < 4.78 is 10.8. The van der Waals surface area contributed by atoms with Crippen molar-refractivity contribution in [1.29, 1.82) is 0 Å². The van der Waals surface area contributed by atoms with E-state index >= 15 is 0 Å². The minimum Gasteiger partial charge on any atom is -0.484 e. The molecule has 1 aliphatic rings. The molecule has 1 atom stereocenters. The monoisotopic (exact) mass is 368 g/mol. The number of nitrogens with one attached hydrogen (secondary N) is 1. The van der Waals surface area contributed by atoms with Gasteiger partial charge in [-0.1, -0.05) is 23.8 Å². The van der Waals surface area contributed by atoms with Crippen LogP contribution in [0.15, 0.2) is 42.5 Å². The van der Waals surface area contributed by atoms with Crippen LogP contribution in [0.2, 0.25) is 0 Å². The Labute approximate surface area is 159 Å². The van der Waals surface area contributed by atoms with Gasteiger partial charge in [-0.15, -0.1) is 0 Å². The number of carbonyl (C=O) groups excluding carboxylic acids is 2. The van der Waals surface area contributed by atoms with Crippen molar-refractivity contribution in [3.05, 3.63) is 59.2 Å². The standard InChI is InChI=1S/C21H24N2O4/c1-14-4-6-18(7-5-14)26-13-20(24)22-11-19-12-23(21(25)27-19)17-9-15(2)8-16(3)10-17/h4-10,19H,11-13H2,1-3H3,(H,22,24). The molecule has 0 aliphatic carbocycles. The van der Waals surface area contributed by atoms with Crippen LogP contribution >= 0.6 is 0 Å². The molecular weight excluding hydrogens is 344 g/mol. The lowest BCUT2D eigenvalue weighted by molar-refractivity contribution is -0.123. The maximum Gasteiger partial charge on any atom is 0.414 e. The van der Waals surface area contributed by atoms with Crippen LogP contribution in [0.4, 0.5) is 10.5 Å². The van der Waals surface area contributed by atoms with E-state index in [0.29, 0.717) is 12.3 Å². The summed E-state index contributed by atoms with van der Waals surface area (Å²) >= 11 is 0. The van der Waals surface area contributed by atoms with Gasteiger partial charge in [0.05, 0.1) is 13.1 Å². The Morgan fingerprint density at radius 3 is 2.44 bits per heavy atom. The fourth-order valence-electron chi connectivity index (χ4n) is 3.01. The summed E-state index contributed by atoms with van der Waals surface area (Å²) in [5, 5.41) is 2.75. The average molecular weight is 368 g/mol. The minimum atomic E-state index is -0.393. The largest absolute Gasteiger partial charge is 0.484 e. The van der Waals surface area contributed by atoms with Gasteiger partial charge in [-0.2, -0.15) is 0 Å². The van der Waals surface area contributed by atoms with Crippen molar-refractivity contribution in [3.8, 4) is 5.75 Å². The second-order valence-corrected chi connectivity index (χ2v) is 6.87. The first-order chi connectivity index (χ1) is 12.9. The van der Waals surface area contributed by atoms with E-state index < -0.39 is 6.09 Å². The molecule has 2 amide bonds. The lowest BCUT2D eigenvalue weighted by Crippen LogP contribution is -2.37. The number of carbonyl (C=O) groups is 2. The highest BCUT2D eigenvalue weighted by atomic mass is 16.6. The molecule has 0 bridgehead atoms. The molecular formula is C21H24N2O4. The molecule has 6 heteroatoms. The number of cyclic esters (lactones) is 1. The Hall–Kier alpha value is -3.02. The van der Waals surface area contributed by atoms with Crippen molar-refractivity contribution in [2.45, 2.75) is 26.9 Å². The van der Waals surface area contributed by atoms with Crippen molar-refractivity contribution in [2.75, 3.05) is 24.6 Å². The Bertz CT molecular complexity index is 812. The summed E-state index contributed by atoms with van der Waals surface area (Å²) in [7, 11) is 0. The highest BCUT2D eigenvalue weighted by Crippen LogP contribution is 2.24. The Morgan fingerprint density at radius 2 is 1.78 bits per heavy atom. The number of hydrogen-bond acceptors (Lipinski definition) is 4. The highest BCUT2D eigenvalue weighted by molar-refractivity contribution is 5.90. The van der Waals surface area contributed by atoms with Crippen molar-refractivity contribution < 1.29 is 19.1 Å². The SMILES string of the molecule is Cc1ccc(OCC(=O)NCC2CN(c3cc(C)cc(C)c3)C(=O)O2)cc1. The minimum absolute atomic E-state index is 0.0789. The number of anilines is 1. The van der Waals surface area contributed by atoms with Gasteiger partial charge in [-0.05, 0) is 56.2 Å². The molecule has 0 radical (unpaired) electrons. The quantitative estimate of drug-likeness (QED) is 0.851. The van der Waals surface area contributed by atoms with Crippen molar-refractivity contribution in [3.63, 3.8) is 0 Å². The molecule has 1 N–H and O–H groups in total. The van der Waals surface area contributed by atoms with Gasteiger partial charge in [0, 0.05) is 5.69 Å². The lowest BCUT2D eigenvalue weighted by Gasteiger charge is -2.15. The number of hydrogen-bond donors (Lipinski definition) is 1. The molecule has 0 spiro atoms. The summed E-state index contributed by atoms with van der Waals surface area (Å²) in [5.41, 5.74) is 4.11. The molecule has 142 valence electrons. The van der Waals surface area contributed by atoms with Crippen molar-refractivity contribution >= 4 is 17.7 Å². The van der Waals surface area contributed by atoms with E-state index in [2.05, 4.69) is 11.4 Å². The van der Waals surface area contributed by atoms with Gasteiger partial charge in [0.1, 0.15) is 11.9 Å². The summed E-state index contributed by atoms with van der Waals surface area (Å²) in [4.78, 5) is 25.7. The van der Waals surface area contributed by atoms with E-state index in [1.54, 1.807) is 4.90 Å². The third kappa shape index (κ3) is 5.00. The Balaban J connectivity index is 1.48. The normalized spacial score (nSPS) is 16.2. The molecule has 27 heavy (non-hydrogen) atoms. The molecule has 3 rings (SSSR count). The molecule has 1 fully saturated rings. The molecule has 0 aromatic heterocycles. The van der Waals surface area contributed by atoms with Crippen LogP contribution in [0.1, 0.15) is 16.7 Å². The Kier molecular flexibility index (Phi) is 5.64. The van der Waals surface area contributed by atoms with Crippen LogP contribution in [-0.2, 0) is 9.53 Å². The summed E-state index contributed by atoms with van der Waals surface area (Å²) in [6, 6.07) is 13.4. The van der Waals surface area contributed by atoms with Crippen LogP contribution < -0.4 is 15.0 Å². The first-order valence-corrected chi connectivity index (χ1v) is 8.93. The molecule has 6 nitrogen and oxygen atoms in total. The zero-order valence-corrected chi connectivity index (χ0v) is 15.8. The molecule has 1 aliphatic heterocycles. The second-order valence-electron chi connectivity index (χ2n) is 6.87. The zero-order valence-electron chi connectivity index (χ0n) is 15.8. The molecule has 1 saturated heterocycles. The van der Waals surface area contributed by atoms with Gasteiger partial charge in [-0.25, -0.2) is 4.79 Å². The number of rotatable bonds is 6. The van der Waals surface area contributed by atoms with E-state index in [4.69, 9.17) is 9.47 Å². The van der Waals surface area contributed by atoms with Gasteiger partial charge < -0.3 is 14.8 Å². The molecule has 2 aromatic carbocycles. The van der Waals surface area contributed by atoms with E-state index in [9.17, 15) is 9.59 Å². The van der Waals surface area contributed by atoms with Gasteiger partial charge >= 0.3 is 6.09 Å². The van der Waals surface area contributed by atoms with Gasteiger partial charge in [0.2, 0.25) is 0 Å². The predicted molar refractivity (Wildman–Crippen MR) is 103 cm³/mol. The first-order valence-electron chi connectivity index (χ1n) is 8.93. The third-order valence-electron chi connectivity index (χ3n) is 4.31. The Morgan fingerprint density at radius 1 is 1.11 bits per heavy atom. The molecule has 0 saturated carbocycles. The number of aryl methyl sites for hydroxylation is 3. The first kappa shape index (κ1) is 18.8. The number of amides is 2. The maximum atomic E-state index is 12.2. The third-order valence-corrected chi connectivity index (χ3v) is 4.31. The lowest BCUT2D eigenvalue weighted by atomic mass is 10.1. The van der Waals surface area contributed by atoms with Crippen molar-refractivity contribution in [2.24, 2.45) is 0 Å². The van der Waals surface area contributed by atoms with E-state index in [1.807, 2.05) is 57.2 Å². The van der Waals surface area contributed by atoms with Gasteiger partial charge in [0.25, 0.3) is 5.91 Å². The highest BCUT2D eigenvalue weighted by Gasteiger charge is 2.32. The van der Waals surface area contributed by atoms with Crippen molar-refractivity contribution in [1.82, 2.24) is 5.32 Å². The average Bonchev–Trinajstić information content (AvgIpc) is 2.99. The topological polar surface area (TPSA) is 67.9 Å². The summed E-state index contributed by atoms with van der Waals surface area (Å²) in [6.45, 7) is 6.54. The zero-order chi connectivity index (χ0) is 19.4. The van der Waals surface area contributed by atoms with E-state index in [0.717, 1.165) is 22.4 Å². The summed E-state index contributed by atoms with van der Waals surface area (Å²) in [5.74, 6) is 0.389. The maximum absolute atomic E-state index is 12.2. The van der Waals surface area contributed by atoms with Gasteiger partial charge in [-0.3, -0.25) is 9.69 Å². The fourth-order valence-corrected chi connectivity index (χ4v) is 3.01. The number of ether oxygens (including phenoxy) is 2. The molecule has 1 heterocycles. The predicted octanol–water partition coefficient (Wildman–Crippen LogP) is 3.13. The second kappa shape index (κ2) is 8.12. The van der Waals surface area contributed by atoms with Crippen LogP contribution in [-0.4, -0.2) is 37.8 Å². The summed E-state index contributed by atoms with van der Waals surface area (Å²) in [6.07, 6.45) is -0.781. The van der Waals surface area contributed by atoms with Crippen LogP contribution in [0, 0.1) is 20.8 Å². The smallest absolute Gasteiger partial charge is 0.414 e. The molecule has 2 aromatic rings. The van der Waals surface area contributed by atoms with Crippen LogP contribution in [0.5, 0.6) is 5.75 Å². The molecule has 1 unspecified atom stereocenters. The van der Waals surface area contributed by atoms with Gasteiger partial charge in [0.15, 0.2) is 6.61 Å².